The molecule has 0 aliphatic carbocycles. The van der Waals surface area contributed by atoms with Gasteiger partial charge in [-0.2, -0.15) is 0 Å². The lowest BCUT2D eigenvalue weighted by Gasteiger charge is -2.22. The van der Waals surface area contributed by atoms with Gasteiger partial charge in [0.15, 0.2) is 0 Å². The lowest BCUT2D eigenvalue weighted by Crippen LogP contribution is -2.25. The zero-order valence-corrected chi connectivity index (χ0v) is 9.91. The van der Waals surface area contributed by atoms with E-state index in [0.29, 0.717) is 12.9 Å². The van der Waals surface area contributed by atoms with Gasteiger partial charge in [-0.05, 0) is 24.1 Å². The first-order valence-corrected chi connectivity index (χ1v) is 6.39. The molecule has 1 aromatic rings. The summed E-state index contributed by atoms with van der Waals surface area (Å²) in [5.41, 5.74) is 0.951. The number of aliphatic hydroxyl groups is 1. The van der Waals surface area contributed by atoms with E-state index in [4.69, 9.17) is 14.6 Å². The third kappa shape index (κ3) is 3.49. The van der Waals surface area contributed by atoms with Crippen molar-refractivity contribution in [3.63, 3.8) is 0 Å². The van der Waals surface area contributed by atoms with E-state index in [9.17, 15) is 0 Å². The Hall–Kier alpha value is -0.550. The molecule has 2 rings (SSSR count). The van der Waals surface area contributed by atoms with Crippen LogP contribution in [0.25, 0.3) is 0 Å². The van der Waals surface area contributed by atoms with Crippen molar-refractivity contribution >= 4 is 11.8 Å². The van der Waals surface area contributed by atoms with Crippen LogP contribution in [-0.2, 0) is 16.1 Å². The van der Waals surface area contributed by atoms with E-state index in [1.54, 1.807) is 11.8 Å². The molecule has 0 spiro atoms. The molecule has 4 heteroatoms. The molecule has 1 aliphatic rings. The molecule has 1 aliphatic heterocycles. The Kier molecular flexibility index (Phi) is 4.66. The molecule has 0 bridgehead atoms. The normalized spacial score (nSPS) is 20.9. The highest BCUT2D eigenvalue weighted by atomic mass is 32.2. The van der Waals surface area contributed by atoms with Crippen LogP contribution in [0.15, 0.2) is 29.2 Å². The molecule has 1 aromatic carbocycles. The minimum absolute atomic E-state index is 0.105. The van der Waals surface area contributed by atoms with Gasteiger partial charge in [0.1, 0.15) is 6.79 Å². The Balaban J connectivity index is 1.79. The lowest BCUT2D eigenvalue weighted by molar-refractivity contribution is -0.130. The lowest BCUT2D eigenvalue weighted by atomic mass is 10.2. The molecule has 88 valence electrons. The molecule has 3 nitrogen and oxygen atoms in total. The first-order valence-electron chi connectivity index (χ1n) is 5.40. The third-order valence-corrected chi connectivity index (χ3v) is 3.66. The number of hydrogen-bond donors (Lipinski definition) is 1. The molecule has 1 unspecified atom stereocenters. The Morgan fingerprint density at radius 1 is 1.31 bits per heavy atom. The molecular formula is C12H16O3S. The highest BCUT2D eigenvalue weighted by molar-refractivity contribution is 7.99. The van der Waals surface area contributed by atoms with Crippen molar-refractivity contribution in [2.75, 3.05) is 19.2 Å². The summed E-state index contributed by atoms with van der Waals surface area (Å²) < 4.78 is 10.6. The van der Waals surface area contributed by atoms with Crippen LogP contribution >= 0.6 is 11.8 Å². The van der Waals surface area contributed by atoms with Crippen molar-refractivity contribution < 1.29 is 14.6 Å². The van der Waals surface area contributed by atoms with Crippen LogP contribution in [0.2, 0.25) is 0 Å². The molecule has 0 saturated carbocycles. The summed E-state index contributed by atoms with van der Waals surface area (Å²) in [7, 11) is 0. The molecule has 1 atom stereocenters. The van der Waals surface area contributed by atoms with Gasteiger partial charge in [-0.1, -0.05) is 12.1 Å². The zero-order valence-electron chi connectivity index (χ0n) is 9.09. The van der Waals surface area contributed by atoms with E-state index in [-0.39, 0.29) is 6.61 Å². The highest BCUT2D eigenvalue weighted by Crippen LogP contribution is 2.22. The van der Waals surface area contributed by atoms with E-state index in [2.05, 4.69) is 0 Å². The van der Waals surface area contributed by atoms with Crippen molar-refractivity contribution in [2.45, 2.75) is 24.0 Å². The first-order chi connectivity index (χ1) is 7.88. The van der Waals surface area contributed by atoms with Gasteiger partial charge in [-0.25, -0.2) is 0 Å². The first kappa shape index (κ1) is 11.9. The Morgan fingerprint density at radius 3 is 2.75 bits per heavy atom. The monoisotopic (exact) mass is 240 g/mol. The van der Waals surface area contributed by atoms with Crippen LogP contribution in [0.3, 0.4) is 0 Å². The summed E-state index contributed by atoms with van der Waals surface area (Å²) in [6.45, 7) is 1.33. The fourth-order valence-corrected chi connectivity index (χ4v) is 2.48. The number of ether oxygens (including phenoxy) is 2. The molecular weight excluding hydrogens is 224 g/mol. The van der Waals surface area contributed by atoms with E-state index < -0.39 is 0 Å². The van der Waals surface area contributed by atoms with Crippen LogP contribution in [0.1, 0.15) is 12.0 Å². The standard InChI is InChI=1S/C12H16O3S/c13-7-10-1-3-12(4-2-10)16-8-11-5-6-14-9-15-11/h1-4,11,13H,5-9H2. The average molecular weight is 240 g/mol. The summed E-state index contributed by atoms with van der Waals surface area (Å²) in [6.07, 6.45) is 1.28. The van der Waals surface area contributed by atoms with Gasteiger partial charge in [0.25, 0.3) is 0 Å². The highest BCUT2D eigenvalue weighted by Gasteiger charge is 2.14. The molecule has 0 radical (unpaired) electrons. The van der Waals surface area contributed by atoms with Gasteiger partial charge < -0.3 is 14.6 Å². The van der Waals surface area contributed by atoms with E-state index in [1.165, 1.54) is 4.90 Å². The van der Waals surface area contributed by atoms with Crippen molar-refractivity contribution in [2.24, 2.45) is 0 Å². The molecule has 0 amide bonds. The maximum atomic E-state index is 8.92. The minimum Gasteiger partial charge on any atom is -0.392 e. The van der Waals surface area contributed by atoms with E-state index >= 15 is 0 Å². The van der Waals surface area contributed by atoms with Crippen LogP contribution in [0, 0.1) is 0 Å². The van der Waals surface area contributed by atoms with E-state index in [1.807, 2.05) is 24.3 Å². The minimum atomic E-state index is 0.105. The predicted octanol–water partition coefficient (Wildman–Crippen LogP) is 2.03. The van der Waals surface area contributed by atoms with Crippen molar-refractivity contribution in [3.05, 3.63) is 29.8 Å². The average Bonchev–Trinajstić information content (AvgIpc) is 2.38. The fraction of sp³-hybridized carbons (Fsp3) is 0.500. The van der Waals surface area contributed by atoms with Crippen molar-refractivity contribution in [3.8, 4) is 0 Å². The van der Waals surface area contributed by atoms with Crippen molar-refractivity contribution in [1.82, 2.24) is 0 Å². The van der Waals surface area contributed by atoms with Crippen molar-refractivity contribution in [1.29, 1.82) is 0 Å². The summed E-state index contributed by atoms with van der Waals surface area (Å²) in [5, 5.41) is 8.92. The molecule has 1 N–H and O–H groups in total. The van der Waals surface area contributed by atoms with Crippen LogP contribution < -0.4 is 0 Å². The number of benzene rings is 1. The Labute approximate surface area is 99.8 Å². The number of hydrogen-bond acceptors (Lipinski definition) is 4. The third-order valence-electron chi connectivity index (χ3n) is 2.51. The molecule has 1 fully saturated rings. The van der Waals surface area contributed by atoms with Crippen LogP contribution in [-0.4, -0.2) is 30.4 Å². The van der Waals surface area contributed by atoms with Gasteiger partial charge in [-0.3, -0.25) is 0 Å². The summed E-state index contributed by atoms with van der Waals surface area (Å²) in [4.78, 5) is 1.22. The smallest absolute Gasteiger partial charge is 0.147 e. The second-order valence-corrected chi connectivity index (χ2v) is 4.81. The molecule has 1 saturated heterocycles. The fourth-order valence-electron chi connectivity index (χ4n) is 1.51. The molecule has 1 heterocycles. The van der Waals surface area contributed by atoms with Gasteiger partial charge >= 0.3 is 0 Å². The summed E-state index contributed by atoms with van der Waals surface area (Å²) >= 11 is 1.78. The van der Waals surface area contributed by atoms with Crippen LogP contribution in [0.4, 0.5) is 0 Å². The SMILES string of the molecule is OCc1ccc(SCC2CCOCO2)cc1. The second kappa shape index (κ2) is 6.25. The summed E-state index contributed by atoms with van der Waals surface area (Å²) in [6, 6.07) is 7.98. The maximum absolute atomic E-state index is 8.92. The quantitative estimate of drug-likeness (QED) is 0.817. The van der Waals surface area contributed by atoms with Gasteiger partial charge in [0.2, 0.25) is 0 Å². The second-order valence-electron chi connectivity index (χ2n) is 3.72. The number of thioether (sulfide) groups is 1. The van der Waals surface area contributed by atoms with Gasteiger partial charge in [0, 0.05) is 10.6 Å². The molecule has 16 heavy (non-hydrogen) atoms. The van der Waals surface area contributed by atoms with Gasteiger partial charge in [-0.15, -0.1) is 11.8 Å². The topological polar surface area (TPSA) is 38.7 Å². The maximum Gasteiger partial charge on any atom is 0.147 e. The Morgan fingerprint density at radius 2 is 2.12 bits per heavy atom. The zero-order chi connectivity index (χ0) is 11.2. The summed E-state index contributed by atoms with van der Waals surface area (Å²) in [5.74, 6) is 0.960. The van der Waals surface area contributed by atoms with Crippen LogP contribution in [0.5, 0.6) is 0 Å². The number of aliphatic hydroxyl groups excluding tert-OH is 1. The van der Waals surface area contributed by atoms with Gasteiger partial charge in [0.05, 0.1) is 19.3 Å². The Bertz CT molecular complexity index is 307. The molecule has 0 aromatic heterocycles. The predicted molar refractivity (Wildman–Crippen MR) is 63.4 cm³/mol. The number of rotatable bonds is 4. The van der Waals surface area contributed by atoms with E-state index in [0.717, 1.165) is 24.3 Å². The largest absolute Gasteiger partial charge is 0.392 e.